The van der Waals surface area contributed by atoms with Crippen molar-refractivity contribution in [1.29, 1.82) is 0 Å². The van der Waals surface area contributed by atoms with Crippen LogP contribution >= 0.6 is 0 Å². The second kappa shape index (κ2) is 10.6. The van der Waals surface area contributed by atoms with Crippen LogP contribution in [-0.4, -0.2) is 56.0 Å². The predicted molar refractivity (Wildman–Crippen MR) is 143 cm³/mol. The fourth-order valence-electron chi connectivity index (χ4n) is 4.35. The van der Waals surface area contributed by atoms with E-state index in [9.17, 15) is 9.59 Å². The van der Waals surface area contributed by atoms with Gasteiger partial charge in [0, 0.05) is 71.8 Å². The van der Waals surface area contributed by atoms with Crippen LogP contribution in [0.5, 0.6) is 0 Å². The molecule has 184 valence electrons. The van der Waals surface area contributed by atoms with E-state index in [1.54, 1.807) is 48.7 Å². The van der Waals surface area contributed by atoms with Gasteiger partial charge in [-0.15, -0.1) is 0 Å². The first kappa shape index (κ1) is 23.6. The van der Waals surface area contributed by atoms with Gasteiger partial charge in [-0.25, -0.2) is 0 Å². The topological polar surface area (TPSA) is 109 Å². The molecular formula is C28H29N5O3. The van der Waals surface area contributed by atoms with Crippen LogP contribution in [0.2, 0.25) is 0 Å². The third-order valence-corrected chi connectivity index (χ3v) is 6.34. The van der Waals surface area contributed by atoms with Crippen LogP contribution in [0.15, 0.2) is 72.9 Å². The van der Waals surface area contributed by atoms with Crippen molar-refractivity contribution in [2.24, 2.45) is 0 Å². The minimum Gasteiger partial charge on any atom is -0.399 e. The first-order chi connectivity index (χ1) is 17.6. The second-order valence-corrected chi connectivity index (χ2v) is 8.83. The normalized spacial score (nSPS) is 16.4. The van der Waals surface area contributed by atoms with Crippen LogP contribution in [0.4, 0.5) is 22.7 Å². The highest BCUT2D eigenvalue weighted by atomic mass is 16.5. The number of nitrogens with two attached hydrogens (primary N) is 1. The van der Waals surface area contributed by atoms with Crippen LogP contribution in [0, 0.1) is 0 Å². The fourth-order valence-corrected chi connectivity index (χ4v) is 4.35. The summed E-state index contributed by atoms with van der Waals surface area (Å²) in [5, 5.41) is 9.51. The second-order valence-electron chi connectivity index (χ2n) is 8.83. The van der Waals surface area contributed by atoms with Crippen LogP contribution < -0.4 is 21.7 Å². The molecule has 2 aliphatic heterocycles. The van der Waals surface area contributed by atoms with Gasteiger partial charge in [-0.3, -0.25) is 14.5 Å². The molecule has 8 nitrogen and oxygen atoms in total. The van der Waals surface area contributed by atoms with Gasteiger partial charge in [0.1, 0.15) is 0 Å². The van der Waals surface area contributed by atoms with Crippen molar-refractivity contribution in [3.8, 4) is 0 Å². The van der Waals surface area contributed by atoms with Crippen molar-refractivity contribution >= 4 is 40.0 Å². The van der Waals surface area contributed by atoms with Gasteiger partial charge >= 0.3 is 0 Å². The molecule has 36 heavy (non-hydrogen) atoms. The summed E-state index contributed by atoms with van der Waals surface area (Å²) in [4.78, 5) is 27.8. The maximum Gasteiger partial charge on any atom is 0.257 e. The zero-order valence-corrected chi connectivity index (χ0v) is 19.9. The summed E-state index contributed by atoms with van der Waals surface area (Å²) in [6.45, 7) is 5.43. The zero-order chi connectivity index (χ0) is 24.9. The summed E-state index contributed by atoms with van der Waals surface area (Å²) in [5.74, 6) is -0.360. The fraction of sp³-hybridized carbons (Fsp3) is 0.214. The number of ether oxygens (including phenoxy) is 1. The molecule has 3 aromatic carbocycles. The van der Waals surface area contributed by atoms with Gasteiger partial charge in [0.15, 0.2) is 5.78 Å². The Balaban J connectivity index is 1.21. The minimum absolute atomic E-state index is 0.145. The van der Waals surface area contributed by atoms with E-state index in [4.69, 9.17) is 10.5 Å². The van der Waals surface area contributed by atoms with Gasteiger partial charge in [-0.05, 0) is 42.5 Å². The molecule has 1 fully saturated rings. The number of nitrogens with zero attached hydrogens (tertiary/aromatic N) is 1. The number of nitrogen functional groups attached to an aromatic ring is 1. The van der Waals surface area contributed by atoms with Gasteiger partial charge in [0.2, 0.25) is 0 Å². The molecule has 0 radical (unpaired) electrons. The van der Waals surface area contributed by atoms with E-state index >= 15 is 0 Å². The van der Waals surface area contributed by atoms with E-state index in [1.807, 2.05) is 24.3 Å². The number of rotatable bonds is 8. The van der Waals surface area contributed by atoms with E-state index in [1.165, 1.54) is 0 Å². The van der Waals surface area contributed by atoms with Crippen LogP contribution in [-0.2, 0) is 9.53 Å². The van der Waals surface area contributed by atoms with E-state index in [0.717, 1.165) is 56.3 Å². The van der Waals surface area contributed by atoms with E-state index in [0.29, 0.717) is 28.1 Å². The van der Waals surface area contributed by atoms with E-state index in [2.05, 4.69) is 20.9 Å². The average molecular weight is 484 g/mol. The molecule has 0 unspecified atom stereocenters. The maximum absolute atomic E-state index is 12.8. The Morgan fingerprint density at radius 1 is 1.00 bits per heavy atom. The number of amides is 1. The Morgan fingerprint density at radius 2 is 1.75 bits per heavy atom. The Kier molecular flexibility index (Phi) is 6.97. The number of hydrogen-bond donors (Lipinski definition) is 4. The highest BCUT2D eigenvalue weighted by Crippen LogP contribution is 2.33. The number of carbonyl (C=O) groups is 2. The lowest BCUT2D eigenvalue weighted by molar-refractivity contribution is -0.110. The smallest absolute Gasteiger partial charge is 0.257 e. The predicted octanol–water partition coefficient (Wildman–Crippen LogP) is 3.65. The summed E-state index contributed by atoms with van der Waals surface area (Å²) in [6.07, 6.45) is 1.70. The summed E-state index contributed by atoms with van der Waals surface area (Å²) in [5.41, 5.74) is 11.1. The number of hydrogen-bond acceptors (Lipinski definition) is 7. The largest absolute Gasteiger partial charge is 0.399 e. The number of nitrogens with one attached hydrogen (secondary N) is 3. The monoisotopic (exact) mass is 483 g/mol. The molecule has 1 saturated heterocycles. The molecule has 0 bridgehead atoms. The number of fused-ring (bicyclic) bond motifs is 1. The third-order valence-electron chi connectivity index (χ3n) is 6.34. The number of ketones is 1. The number of carbonyl (C=O) groups excluding carboxylic acids is 2. The first-order valence-electron chi connectivity index (χ1n) is 12.0. The molecule has 0 aliphatic carbocycles. The van der Waals surface area contributed by atoms with Crippen molar-refractivity contribution in [2.75, 3.05) is 61.1 Å². The van der Waals surface area contributed by atoms with Gasteiger partial charge in [0.05, 0.1) is 18.8 Å². The number of benzene rings is 3. The molecule has 3 aromatic rings. The van der Waals surface area contributed by atoms with Crippen LogP contribution in [0.3, 0.4) is 0 Å². The van der Waals surface area contributed by atoms with Gasteiger partial charge in [0.25, 0.3) is 5.91 Å². The lowest BCUT2D eigenvalue weighted by Crippen LogP contribution is -2.38. The van der Waals surface area contributed by atoms with Gasteiger partial charge in [-0.2, -0.15) is 0 Å². The van der Waals surface area contributed by atoms with Crippen molar-refractivity contribution in [1.82, 2.24) is 4.90 Å². The van der Waals surface area contributed by atoms with Crippen molar-refractivity contribution < 1.29 is 14.3 Å². The summed E-state index contributed by atoms with van der Waals surface area (Å²) >= 11 is 0. The maximum atomic E-state index is 12.8. The summed E-state index contributed by atoms with van der Waals surface area (Å²) in [7, 11) is 0. The van der Waals surface area contributed by atoms with Crippen molar-refractivity contribution in [3.05, 3.63) is 89.6 Å². The first-order valence-corrected chi connectivity index (χ1v) is 12.0. The zero-order valence-electron chi connectivity index (χ0n) is 19.9. The summed E-state index contributed by atoms with van der Waals surface area (Å²) < 4.78 is 5.38. The molecule has 0 spiro atoms. The quantitative estimate of drug-likeness (QED) is 0.220. The Bertz CT molecular complexity index is 1300. The van der Waals surface area contributed by atoms with Gasteiger partial charge < -0.3 is 26.4 Å². The Hall–Kier alpha value is -4.14. The highest BCUT2D eigenvalue weighted by Gasteiger charge is 2.25. The molecular weight excluding hydrogens is 454 g/mol. The van der Waals surface area contributed by atoms with E-state index in [-0.39, 0.29) is 11.7 Å². The molecule has 2 aliphatic rings. The number of morpholine rings is 1. The lowest BCUT2D eigenvalue weighted by Gasteiger charge is -2.26. The lowest BCUT2D eigenvalue weighted by atomic mass is 9.99. The third kappa shape index (κ3) is 5.40. The molecule has 1 amide bonds. The van der Waals surface area contributed by atoms with E-state index < -0.39 is 0 Å². The summed E-state index contributed by atoms with van der Waals surface area (Å²) in [6, 6.07) is 20.0. The standard InChI is InChI=1S/C28H29N5O3/c29-21-3-1-2-19(16-21)27(34)20-4-9-24-25(28(35)32-26(24)17-20)18-31-23-7-5-22(6-8-23)30-10-11-33-12-14-36-15-13-33/h1-9,16-18,30-31H,10-15,29H2,(H,32,35). The highest BCUT2D eigenvalue weighted by molar-refractivity contribution is 6.32. The number of anilines is 4. The molecule has 0 saturated carbocycles. The van der Waals surface area contributed by atoms with Crippen molar-refractivity contribution in [3.63, 3.8) is 0 Å². The minimum atomic E-state index is -0.215. The molecule has 8 heteroatoms. The molecule has 0 aromatic heterocycles. The Labute approximate surface area is 210 Å². The molecule has 5 rings (SSSR count). The van der Waals surface area contributed by atoms with Gasteiger partial charge in [-0.1, -0.05) is 24.3 Å². The van der Waals surface area contributed by atoms with Crippen LogP contribution in [0.25, 0.3) is 5.57 Å². The molecule has 2 heterocycles. The van der Waals surface area contributed by atoms with Crippen molar-refractivity contribution in [2.45, 2.75) is 0 Å². The molecule has 5 N–H and O–H groups in total. The molecule has 0 atom stereocenters. The Morgan fingerprint density at radius 3 is 2.53 bits per heavy atom. The average Bonchev–Trinajstić information content (AvgIpc) is 3.22. The van der Waals surface area contributed by atoms with Crippen LogP contribution in [0.1, 0.15) is 21.5 Å². The SMILES string of the molecule is Nc1cccc(C(=O)c2ccc3c(c2)NC(=O)C3=CNc2ccc(NCCN3CCOCC3)cc2)c1.